The molecule has 1 aliphatic rings. The van der Waals surface area contributed by atoms with E-state index in [4.69, 9.17) is 5.26 Å². The number of likely N-dealkylation sites (tertiary alicyclic amines) is 1. The first-order valence-corrected chi connectivity index (χ1v) is 11.5. The Bertz CT molecular complexity index is 1430. The van der Waals surface area contributed by atoms with Gasteiger partial charge in [0.1, 0.15) is 11.8 Å². The van der Waals surface area contributed by atoms with E-state index in [9.17, 15) is 31.5 Å². The van der Waals surface area contributed by atoms with Crippen LogP contribution in [0.3, 0.4) is 0 Å². The molecule has 1 aromatic heterocycles. The van der Waals surface area contributed by atoms with Crippen LogP contribution in [0.4, 0.5) is 22.0 Å². The summed E-state index contributed by atoms with van der Waals surface area (Å²) >= 11 is 0. The maximum Gasteiger partial charge on any atom is 0.573 e. The standard InChI is InChI=1S/C27H20F5N3O3/c28-26(29)14-19(15-33)35(16-26)25(37)10-9-24(36)21-11-12-34-23-8-5-18(13-22(21)23)2-1-17-3-6-20(7-4-17)38-27(30,31)32/h1-8,11-13,19H,9-10,14,16H2/b2-1+/t19-/m0/s1. The molecule has 1 atom stereocenters. The number of aromatic nitrogens is 1. The van der Waals surface area contributed by atoms with E-state index < -0.39 is 37.2 Å². The Morgan fingerprint density at radius 3 is 2.45 bits per heavy atom. The lowest BCUT2D eigenvalue weighted by atomic mass is 10.00. The first kappa shape index (κ1) is 26.7. The van der Waals surface area contributed by atoms with Crippen LogP contribution in [0.15, 0.2) is 54.7 Å². The highest BCUT2D eigenvalue weighted by Crippen LogP contribution is 2.32. The van der Waals surface area contributed by atoms with Crippen molar-refractivity contribution in [3.63, 3.8) is 0 Å². The molecule has 2 heterocycles. The van der Waals surface area contributed by atoms with Crippen LogP contribution >= 0.6 is 0 Å². The number of nitriles is 1. The number of pyridine rings is 1. The molecule has 0 N–H and O–H groups in total. The third-order valence-electron chi connectivity index (χ3n) is 5.95. The lowest BCUT2D eigenvalue weighted by Crippen LogP contribution is -2.36. The molecule has 1 saturated heterocycles. The van der Waals surface area contributed by atoms with Gasteiger partial charge >= 0.3 is 6.36 Å². The molecule has 2 aromatic carbocycles. The van der Waals surface area contributed by atoms with Gasteiger partial charge in [-0.2, -0.15) is 5.26 Å². The molecule has 6 nitrogen and oxygen atoms in total. The Morgan fingerprint density at radius 1 is 1.08 bits per heavy atom. The van der Waals surface area contributed by atoms with Crippen molar-refractivity contribution in [2.75, 3.05) is 6.54 Å². The van der Waals surface area contributed by atoms with Crippen LogP contribution in [0.5, 0.6) is 5.75 Å². The van der Waals surface area contributed by atoms with Crippen LogP contribution in [-0.2, 0) is 4.79 Å². The fourth-order valence-corrected chi connectivity index (χ4v) is 4.18. The molecule has 38 heavy (non-hydrogen) atoms. The maximum atomic E-state index is 13.6. The minimum absolute atomic E-state index is 0.232. The average molecular weight is 529 g/mol. The lowest BCUT2D eigenvalue weighted by Gasteiger charge is -2.18. The quantitative estimate of drug-likeness (QED) is 0.212. The van der Waals surface area contributed by atoms with E-state index in [1.54, 1.807) is 36.4 Å². The second kappa shape index (κ2) is 10.6. The number of fused-ring (bicyclic) bond motifs is 1. The van der Waals surface area contributed by atoms with Gasteiger partial charge in [-0.1, -0.05) is 30.4 Å². The molecule has 1 aliphatic heterocycles. The summed E-state index contributed by atoms with van der Waals surface area (Å²) in [5, 5.41) is 9.60. The van der Waals surface area contributed by atoms with E-state index in [0.717, 1.165) is 4.90 Å². The predicted octanol–water partition coefficient (Wildman–Crippen LogP) is 6.03. The first-order valence-electron chi connectivity index (χ1n) is 11.5. The maximum absolute atomic E-state index is 13.6. The van der Waals surface area contributed by atoms with Gasteiger partial charge in [-0.15, -0.1) is 13.2 Å². The summed E-state index contributed by atoms with van der Waals surface area (Å²) < 4.78 is 68.1. The molecular formula is C27H20F5N3O3. The van der Waals surface area contributed by atoms with Crippen molar-refractivity contribution in [3.05, 3.63) is 71.4 Å². The number of carbonyl (C=O) groups excluding carboxylic acids is 2. The molecule has 0 unspecified atom stereocenters. The molecule has 4 rings (SSSR count). The fraction of sp³-hybridized carbons (Fsp3) is 0.259. The van der Waals surface area contributed by atoms with Crippen molar-refractivity contribution in [1.82, 2.24) is 9.88 Å². The number of Topliss-reactive ketones (excluding diaryl/α,β-unsaturated/α-hetero) is 1. The molecule has 0 spiro atoms. The second-order valence-electron chi connectivity index (χ2n) is 8.74. The molecule has 196 valence electrons. The number of hydrogen-bond donors (Lipinski definition) is 0. The molecule has 0 bridgehead atoms. The van der Waals surface area contributed by atoms with Gasteiger partial charge < -0.3 is 9.64 Å². The Balaban J connectivity index is 1.47. The number of amides is 1. The van der Waals surface area contributed by atoms with Gasteiger partial charge in [-0.25, -0.2) is 8.78 Å². The van der Waals surface area contributed by atoms with Crippen LogP contribution in [0.2, 0.25) is 0 Å². The van der Waals surface area contributed by atoms with Crippen molar-refractivity contribution in [3.8, 4) is 11.8 Å². The van der Waals surface area contributed by atoms with Crippen molar-refractivity contribution < 1.29 is 36.3 Å². The number of halogens is 5. The van der Waals surface area contributed by atoms with E-state index in [2.05, 4.69) is 9.72 Å². The summed E-state index contributed by atoms with van der Waals surface area (Å²) in [7, 11) is 0. The van der Waals surface area contributed by atoms with Crippen LogP contribution in [0, 0.1) is 11.3 Å². The zero-order chi connectivity index (χ0) is 27.5. The van der Waals surface area contributed by atoms with E-state index in [-0.39, 0.29) is 24.4 Å². The Morgan fingerprint density at radius 2 is 1.76 bits per heavy atom. The van der Waals surface area contributed by atoms with Crippen LogP contribution in [-0.4, -0.2) is 46.4 Å². The summed E-state index contributed by atoms with van der Waals surface area (Å²) in [6.45, 7) is -0.843. The Kier molecular flexibility index (Phi) is 7.44. The average Bonchev–Trinajstić information content (AvgIpc) is 3.20. The normalized spacial score (nSPS) is 17.1. The monoisotopic (exact) mass is 529 g/mol. The minimum atomic E-state index is -4.78. The number of rotatable bonds is 7. The highest BCUT2D eigenvalue weighted by Gasteiger charge is 2.47. The third-order valence-corrected chi connectivity index (χ3v) is 5.95. The molecule has 0 radical (unpaired) electrons. The SMILES string of the molecule is N#C[C@@H]1CC(F)(F)CN1C(=O)CCC(=O)c1ccnc2ccc(/C=C/c3ccc(OC(F)(F)F)cc3)cc12. The highest BCUT2D eigenvalue weighted by atomic mass is 19.4. The Labute approximate surface area is 213 Å². The predicted molar refractivity (Wildman–Crippen MR) is 128 cm³/mol. The Hall–Kier alpha value is -4.33. The van der Waals surface area contributed by atoms with Crippen LogP contribution < -0.4 is 4.74 Å². The van der Waals surface area contributed by atoms with E-state index >= 15 is 0 Å². The molecule has 0 aliphatic carbocycles. The molecule has 1 amide bonds. The topological polar surface area (TPSA) is 83.3 Å². The van der Waals surface area contributed by atoms with Gasteiger partial charge in [0.25, 0.3) is 5.92 Å². The van der Waals surface area contributed by atoms with E-state index in [1.165, 1.54) is 36.5 Å². The fourth-order valence-electron chi connectivity index (χ4n) is 4.18. The number of ketones is 1. The van der Waals surface area contributed by atoms with Gasteiger partial charge in [0.15, 0.2) is 5.78 Å². The summed E-state index contributed by atoms with van der Waals surface area (Å²) in [5.74, 6) is -4.54. The summed E-state index contributed by atoms with van der Waals surface area (Å²) in [6.07, 6.45) is -1.22. The number of benzene rings is 2. The smallest absolute Gasteiger partial charge is 0.406 e. The molecule has 11 heteroatoms. The largest absolute Gasteiger partial charge is 0.573 e. The van der Waals surface area contributed by atoms with Crippen molar-refractivity contribution in [1.29, 1.82) is 5.26 Å². The van der Waals surface area contributed by atoms with Gasteiger partial charge in [0.05, 0.1) is 18.1 Å². The minimum Gasteiger partial charge on any atom is -0.406 e. The number of ether oxygens (including phenoxy) is 1. The third kappa shape index (κ3) is 6.51. The lowest BCUT2D eigenvalue weighted by molar-refractivity contribution is -0.274. The van der Waals surface area contributed by atoms with Gasteiger partial charge in [0, 0.05) is 36.4 Å². The first-order chi connectivity index (χ1) is 17.9. The summed E-state index contributed by atoms with van der Waals surface area (Å²) in [4.78, 5) is 30.5. The van der Waals surface area contributed by atoms with Gasteiger partial charge in [-0.3, -0.25) is 14.6 Å². The molecular weight excluding hydrogens is 509 g/mol. The number of carbonyl (C=O) groups is 2. The molecule has 3 aromatic rings. The van der Waals surface area contributed by atoms with Crippen molar-refractivity contribution >= 4 is 34.7 Å². The highest BCUT2D eigenvalue weighted by molar-refractivity contribution is 6.08. The van der Waals surface area contributed by atoms with Crippen LogP contribution in [0.1, 0.15) is 40.7 Å². The van der Waals surface area contributed by atoms with Crippen molar-refractivity contribution in [2.24, 2.45) is 0 Å². The van der Waals surface area contributed by atoms with Crippen LogP contribution in [0.25, 0.3) is 23.1 Å². The number of nitrogens with zero attached hydrogens (tertiary/aromatic N) is 3. The zero-order valence-electron chi connectivity index (χ0n) is 19.7. The van der Waals surface area contributed by atoms with Gasteiger partial charge in [0.2, 0.25) is 5.91 Å². The zero-order valence-corrected chi connectivity index (χ0v) is 19.7. The number of alkyl halides is 5. The number of hydrogen-bond acceptors (Lipinski definition) is 5. The van der Waals surface area contributed by atoms with E-state index in [0.29, 0.717) is 27.6 Å². The van der Waals surface area contributed by atoms with Crippen molar-refractivity contribution in [2.45, 2.75) is 37.6 Å². The second-order valence-corrected chi connectivity index (χ2v) is 8.74. The van der Waals surface area contributed by atoms with E-state index in [1.807, 2.05) is 0 Å². The molecule has 1 fully saturated rings. The summed E-state index contributed by atoms with van der Waals surface area (Å²) in [5.41, 5.74) is 2.12. The van der Waals surface area contributed by atoms with Gasteiger partial charge in [-0.05, 0) is 41.5 Å². The summed E-state index contributed by atoms with van der Waals surface area (Å²) in [6, 6.07) is 12.4. The molecule has 0 saturated carbocycles.